The fraction of sp³-hybridized carbons (Fsp3) is 0.294. The number of halogens is 2. The summed E-state index contributed by atoms with van der Waals surface area (Å²) in [5, 5.41) is 8.69. The van der Waals surface area contributed by atoms with Crippen LogP contribution in [0.3, 0.4) is 0 Å². The van der Waals surface area contributed by atoms with Crippen LogP contribution in [0.15, 0.2) is 47.3 Å². The molecule has 4 rings (SSSR count). The Balaban J connectivity index is 1.68. The lowest BCUT2D eigenvalue weighted by atomic mass is 10.0. The minimum absolute atomic E-state index is 0.222. The lowest BCUT2D eigenvalue weighted by molar-refractivity contribution is 0.628. The molecule has 1 aromatic carbocycles. The van der Waals surface area contributed by atoms with Gasteiger partial charge in [-0.15, -0.1) is 0 Å². The van der Waals surface area contributed by atoms with E-state index < -0.39 is 0 Å². The molecule has 0 amide bonds. The lowest BCUT2D eigenvalue weighted by Crippen LogP contribution is -2.13. The smallest absolute Gasteiger partial charge is 0.153 e. The SMILES string of the molecule is Clc1ccc(C(CC2CC2)Nc2nccn3ncc(Br)c23)cc1. The van der Waals surface area contributed by atoms with Crippen molar-refractivity contribution >= 4 is 38.9 Å². The first kappa shape index (κ1) is 15.0. The second-order valence-corrected chi connectivity index (χ2v) is 7.28. The highest BCUT2D eigenvalue weighted by Gasteiger charge is 2.27. The number of aromatic nitrogens is 3. The summed E-state index contributed by atoms with van der Waals surface area (Å²) in [6.45, 7) is 0. The summed E-state index contributed by atoms with van der Waals surface area (Å²) in [5.74, 6) is 1.65. The molecule has 4 nitrogen and oxygen atoms in total. The Morgan fingerprint density at radius 1 is 1.30 bits per heavy atom. The standard InChI is InChI=1S/C17H16BrClN4/c18-14-10-21-23-8-7-20-17(16(14)23)22-15(9-11-1-2-11)12-3-5-13(19)6-4-12/h3-8,10-11,15H,1-2,9H2,(H,20,22). The zero-order valence-corrected chi connectivity index (χ0v) is 14.8. The van der Waals surface area contributed by atoms with Gasteiger partial charge in [-0.2, -0.15) is 5.10 Å². The van der Waals surface area contributed by atoms with E-state index in [1.165, 1.54) is 18.4 Å². The molecule has 1 aliphatic rings. The summed E-state index contributed by atoms with van der Waals surface area (Å²) in [6, 6.07) is 8.30. The van der Waals surface area contributed by atoms with Crippen LogP contribution < -0.4 is 5.32 Å². The van der Waals surface area contributed by atoms with E-state index in [9.17, 15) is 0 Å². The van der Waals surface area contributed by atoms with Gasteiger partial charge >= 0.3 is 0 Å². The molecule has 6 heteroatoms. The highest BCUT2D eigenvalue weighted by Crippen LogP contribution is 2.39. The average Bonchev–Trinajstić information content (AvgIpc) is 3.29. The Kier molecular flexibility index (Phi) is 3.99. The molecule has 23 heavy (non-hydrogen) atoms. The third kappa shape index (κ3) is 3.21. The Labute approximate surface area is 148 Å². The van der Waals surface area contributed by atoms with Gasteiger partial charge in [0.25, 0.3) is 0 Å². The van der Waals surface area contributed by atoms with E-state index in [2.05, 4.69) is 43.5 Å². The quantitative estimate of drug-likeness (QED) is 0.658. The highest BCUT2D eigenvalue weighted by molar-refractivity contribution is 9.10. The second-order valence-electron chi connectivity index (χ2n) is 5.99. The van der Waals surface area contributed by atoms with Crippen molar-refractivity contribution in [3.05, 3.63) is 57.9 Å². The molecule has 0 aliphatic heterocycles. The van der Waals surface area contributed by atoms with Gasteiger partial charge in [-0.25, -0.2) is 9.50 Å². The molecular formula is C17H16BrClN4. The van der Waals surface area contributed by atoms with Gasteiger partial charge in [0.1, 0.15) is 5.52 Å². The van der Waals surface area contributed by atoms with Crippen molar-refractivity contribution in [2.45, 2.75) is 25.3 Å². The molecule has 2 heterocycles. The van der Waals surface area contributed by atoms with Crippen molar-refractivity contribution in [2.24, 2.45) is 5.92 Å². The van der Waals surface area contributed by atoms with Crippen molar-refractivity contribution in [3.63, 3.8) is 0 Å². The summed E-state index contributed by atoms with van der Waals surface area (Å²) >= 11 is 9.58. The molecule has 1 aliphatic carbocycles. The van der Waals surface area contributed by atoms with Gasteiger partial charge in [-0.1, -0.05) is 36.6 Å². The first-order chi connectivity index (χ1) is 11.2. The Morgan fingerprint density at radius 2 is 2.09 bits per heavy atom. The minimum atomic E-state index is 0.222. The van der Waals surface area contributed by atoms with Crippen molar-refractivity contribution in [2.75, 3.05) is 5.32 Å². The van der Waals surface area contributed by atoms with E-state index in [1.54, 1.807) is 12.4 Å². The highest BCUT2D eigenvalue weighted by atomic mass is 79.9. The monoisotopic (exact) mass is 390 g/mol. The van der Waals surface area contributed by atoms with Gasteiger partial charge in [0.2, 0.25) is 0 Å². The van der Waals surface area contributed by atoms with Crippen molar-refractivity contribution in [3.8, 4) is 0 Å². The fourth-order valence-corrected chi connectivity index (χ4v) is 3.43. The van der Waals surface area contributed by atoms with E-state index in [-0.39, 0.29) is 6.04 Å². The fourth-order valence-electron chi connectivity index (χ4n) is 2.84. The van der Waals surface area contributed by atoms with Gasteiger partial charge in [-0.3, -0.25) is 0 Å². The van der Waals surface area contributed by atoms with Gasteiger partial charge in [0.15, 0.2) is 5.82 Å². The predicted octanol–water partition coefficient (Wildman–Crippen LogP) is 5.10. The van der Waals surface area contributed by atoms with Crippen LogP contribution in [0.5, 0.6) is 0 Å². The van der Waals surface area contributed by atoms with Crippen LogP contribution in [0, 0.1) is 5.92 Å². The van der Waals surface area contributed by atoms with Crippen molar-refractivity contribution in [1.82, 2.24) is 14.6 Å². The zero-order chi connectivity index (χ0) is 15.8. The van der Waals surface area contributed by atoms with Crippen molar-refractivity contribution < 1.29 is 0 Å². The van der Waals surface area contributed by atoms with Crippen LogP contribution in [0.1, 0.15) is 30.9 Å². The summed E-state index contributed by atoms with van der Waals surface area (Å²) < 4.78 is 2.77. The maximum Gasteiger partial charge on any atom is 0.153 e. The zero-order valence-electron chi connectivity index (χ0n) is 12.4. The number of anilines is 1. The largest absolute Gasteiger partial charge is 0.361 e. The molecule has 1 N–H and O–H groups in total. The van der Waals surface area contributed by atoms with Gasteiger partial charge in [0, 0.05) is 17.4 Å². The first-order valence-electron chi connectivity index (χ1n) is 7.70. The van der Waals surface area contributed by atoms with Gasteiger partial charge in [-0.05, 0) is 46.0 Å². The number of nitrogens with one attached hydrogen (secondary N) is 1. The molecule has 118 valence electrons. The summed E-state index contributed by atoms with van der Waals surface area (Å²) in [4.78, 5) is 4.52. The third-order valence-corrected chi connectivity index (χ3v) is 5.07. The molecule has 1 unspecified atom stereocenters. The first-order valence-corrected chi connectivity index (χ1v) is 8.87. The van der Waals surface area contributed by atoms with Gasteiger partial charge < -0.3 is 5.32 Å². The second kappa shape index (κ2) is 6.13. The van der Waals surface area contributed by atoms with Crippen LogP contribution in [0.25, 0.3) is 5.52 Å². The number of fused-ring (bicyclic) bond motifs is 1. The maximum absolute atomic E-state index is 6.03. The predicted molar refractivity (Wildman–Crippen MR) is 95.8 cm³/mol. The minimum Gasteiger partial charge on any atom is -0.361 e. The van der Waals surface area contributed by atoms with Crippen molar-refractivity contribution in [1.29, 1.82) is 0 Å². The molecule has 1 fully saturated rings. The third-order valence-electron chi connectivity index (χ3n) is 4.24. The summed E-state index contributed by atoms with van der Waals surface area (Å²) in [7, 11) is 0. The van der Waals surface area contributed by atoms with E-state index >= 15 is 0 Å². The lowest BCUT2D eigenvalue weighted by Gasteiger charge is -2.20. The number of benzene rings is 1. The number of nitrogens with zero attached hydrogens (tertiary/aromatic N) is 3. The topological polar surface area (TPSA) is 42.2 Å². The molecule has 0 saturated heterocycles. The Hall–Kier alpha value is -1.59. The number of hydrogen-bond donors (Lipinski definition) is 1. The Bertz CT molecular complexity index is 826. The van der Waals surface area contributed by atoms with E-state index in [0.29, 0.717) is 0 Å². The number of rotatable bonds is 5. The molecule has 2 aromatic heterocycles. The van der Waals surface area contributed by atoms with Crippen LogP contribution in [0.4, 0.5) is 5.82 Å². The molecule has 0 spiro atoms. The average molecular weight is 392 g/mol. The molecular weight excluding hydrogens is 376 g/mol. The van der Waals surface area contributed by atoms with E-state index in [1.807, 2.05) is 22.8 Å². The van der Waals surface area contributed by atoms with Crippen LogP contribution >= 0.6 is 27.5 Å². The maximum atomic E-state index is 6.03. The molecule has 3 aromatic rings. The number of hydrogen-bond acceptors (Lipinski definition) is 3. The van der Waals surface area contributed by atoms with E-state index in [0.717, 1.165) is 33.2 Å². The van der Waals surface area contributed by atoms with Crippen LogP contribution in [-0.4, -0.2) is 14.6 Å². The normalized spacial score (nSPS) is 15.7. The van der Waals surface area contributed by atoms with E-state index in [4.69, 9.17) is 11.6 Å². The van der Waals surface area contributed by atoms with Crippen LogP contribution in [0.2, 0.25) is 5.02 Å². The van der Waals surface area contributed by atoms with Gasteiger partial charge in [0.05, 0.1) is 16.7 Å². The molecule has 1 saturated carbocycles. The molecule has 0 radical (unpaired) electrons. The molecule has 0 bridgehead atoms. The molecule has 1 atom stereocenters. The van der Waals surface area contributed by atoms with Crippen LogP contribution in [-0.2, 0) is 0 Å². The summed E-state index contributed by atoms with van der Waals surface area (Å²) in [5.41, 5.74) is 2.20. The Morgan fingerprint density at radius 3 is 2.83 bits per heavy atom. The summed E-state index contributed by atoms with van der Waals surface area (Å²) in [6.07, 6.45) is 9.16.